The van der Waals surface area contributed by atoms with Gasteiger partial charge >= 0.3 is 6.98 Å². The molecule has 0 aliphatic carbocycles. The van der Waals surface area contributed by atoms with Gasteiger partial charge in [0.25, 0.3) is 0 Å². The number of hydrogen-bond acceptors (Lipinski definition) is 1. The van der Waals surface area contributed by atoms with Gasteiger partial charge in [-0.05, 0) is 18.5 Å². The summed E-state index contributed by atoms with van der Waals surface area (Å²) in [5.74, 6) is -0.631. The zero-order chi connectivity index (χ0) is 9.19. The second kappa shape index (κ2) is 3.12. The minimum atomic E-state index is -4.88. The molecule has 66 valence electrons. The fraction of sp³-hybridized carbons (Fsp3) is 0.167. The normalized spacial score (nSPS) is 11.7. The fourth-order valence-corrected chi connectivity index (χ4v) is 0.764. The van der Waals surface area contributed by atoms with Crippen LogP contribution in [0.15, 0.2) is 18.3 Å². The average molecular weight is 178 g/mol. The Morgan fingerprint density at radius 2 is 1.92 bits per heavy atom. The van der Waals surface area contributed by atoms with E-state index in [9.17, 15) is 17.3 Å². The molecule has 6 heteroatoms. The summed E-state index contributed by atoms with van der Waals surface area (Å²) < 4.78 is 47.5. The van der Waals surface area contributed by atoms with Crippen molar-refractivity contribution >= 4 is 6.98 Å². The van der Waals surface area contributed by atoms with Gasteiger partial charge in [-0.15, -0.1) is 0 Å². The zero-order valence-corrected chi connectivity index (χ0v) is 5.98. The zero-order valence-electron chi connectivity index (χ0n) is 5.98. The maximum atomic E-state index is 12.2. The van der Waals surface area contributed by atoms with Crippen molar-refractivity contribution in [2.45, 2.75) is 6.32 Å². The van der Waals surface area contributed by atoms with Gasteiger partial charge in [0.2, 0.25) is 0 Å². The van der Waals surface area contributed by atoms with Crippen LogP contribution >= 0.6 is 0 Å². The number of nitrogens with zero attached hydrogens (tertiary/aromatic N) is 1. The van der Waals surface area contributed by atoms with E-state index in [0.29, 0.717) is 0 Å². The predicted octanol–water partition coefficient (Wildman–Crippen LogP) is 2.15. The molecule has 1 nitrogen and oxygen atoms in total. The smallest absolute Gasteiger partial charge is 0.449 e. The summed E-state index contributed by atoms with van der Waals surface area (Å²) in [5, 5.41) is 0. The maximum absolute atomic E-state index is 12.2. The van der Waals surface area contributed by atoms with E-state index >= 15 is 0 Å². The molecule has 1 aromatic heterocycles. The third-order valence-corrected chi connectivity index (χ3v) is 1.23. The standard InChI is InChI=1S/C6H5BF4N/c8-5-1-2-6(12-4-5)3-7(9,10)11/h1-2,4H,3H2/q-1. The lowest BCUT2D eigenvalue weighted by Crippen LogP contribution is -2.20. The third kappa shape index (κ3) is 2.90. The summed E-state index contributed by atoms with van der Waals surface area (Å²) in [4.78, 5) is 3.28. The highest BCUT2D eigenvalue weighted by atomic mass is 19.4. The Morgan fingerprint density at radius 3 is 2.33 bits per heavy atom. The van der Waals surface area contributed by atoms with E-state index in [2.05, 4.69) is 4.98 Å². The quantitative estimate of drug-likeness (QED) is 0.499. The summed E-state index contributed by atoms with van der Waals surface area (Å²) >= 11 is 0. The number of rotatable bonds is 2. The molecule has 0 spiro atoms. The van der Waals surface area contributed by atoms with Crippen molar-refractivity contribution in [1.29, 1.82) is 0 Å². The largest absolute Gasteiger partial charge is 0.484 e. The monoisotopic (exact) mass is 178 g/mol. The molecule has 0 aliphatic heterocycles. The van der Waals surface area contributed by atoms with E-state index in [1.54, 1.807) is 0 Å². The van der Waals surface area contributed by atoms with Gasteiger partial charge in [0.1, 0.15) is 5.82 Å². The molecule has 0 saturated heterocycles. The molecule has 1 heterocycles. The minimum absolute atomic E-state index is 0.149. The van der Waals surface area contributed by atoms with Gasteiger partial charge in [0.15, 0.2) is 0 Å². The van der Waals surface area contributed by atoms with Crippen LogP contribution in [-0.2, 0) is 6.32 Å². The predicted molar refractivity (Wildman–Crippen MR) is 37.0 cm³/mol. The van der Waals surface area contributed by atoms with Gasteiger partial charge in [-0.25, -0.2) is 4.39 Å². The van der Waals surface area contributed by atoms with Gasteiger partial charge in [-0.1, -0.05) is 0 Å². The molecular weight excluding hydrogens is 173 g/mol. The Bertz CT molecular complexity index is 255. The van der Waals surface area contributed by atoms with Crippen LogP contribution in [-0.4, -0.2) is 12.0 Å². The van der Waals surface area contributed by atoms with Crippen molar-refractivity contribution in [3.05, 3.63) is 29.8 Å². The maximum Gasteiger partial charge on any atom is 0.484 e. The first-order chi connectivity index (χ1) is 5.47. The highest BCUT2D eigenvalue weighted by molar-refractivity contribution is 6.57. The van der Waals surface area contributed by atoms with E-state index in [4.69, 9.17) is 0 Å². The van der Waals surface area contributed by atoms with Crippen LogP contribution in [0.25, 0.3) is 0 Å². The molecule has 0 saturated carbocycles. The van der Waals surface area contributed by atoms with Crippen molar-refractivity contribution in [3.63, 3.8) is 0 Å². The molecule has 0 bridgehead atoms. The topological polar surface area (TPSA) is 12.9 Å². The Labute approximate surface area is 66.5 Å². The van der Waals surface area contributed by atoms with Crippen LogP contribution in [0.5, 0.6) is 0 Å². The van der Waals surface area contributed by atoms with Crippen molar-refractivity contribution < 1.29 is 17.3 Å². The Balaban J connectivity index is 2.71. The summed E-state index contributed by atoms with van der Waals surface area (Å²) in [7, 11) is 0. The van der Waals surface area contributed by atoms with Gasteiger partial charge in [-0.2, -0.15) is 0 Å². The Hall–Kier alpha value is -1.07. The molecular formula is C6H5BF4N-. The molecule has 0 aromatic carbocycles. The number of hydrogen-bond donors (Lipinski definition) is 0. The van der Waals surface area contributed by atoms with Gasteiger partial charge < -0.3 is 12.9 Å². The van der Waals surface area contributed by atoms with Crippen molar-refractivity contribution in [2.24, 2.45) is 0 Å². The van der Waals surface area contributed by atoms with Crippen LogP contribution in [0.1, 0.15) is 5.69 Å². The van der Waals surface area contributed by atoms with E-state index < -0.39 is 19.1 Å². The van der Waals surface area contributed by atoms with E-state index in [1.165, 1.54) is 0 Å². The number of pyridine rings is 1. The summed E-state index contributed by atoms with van der Waals surface area (Å²) in [6.45, 7) is -4.88. The summed E-state index contributed by atoms with van der Waals surface area (Å²) in [6.07, 6.45) is -0.280. The molecule has 0 fully saturated rings. The molecule has 1 rings (SSSR count). The van der Waals surface area contributed by atoms with Gasteiger partial charge in [0, 0.05) is 5.69 Å². The average Bonchev–Trinajstić information content (AvgIpc) is 1.91. The molecule has 0 aliphatic rings. The molecule has 1 aromatic rings. The lowest BCUT2D eigenvalue weighted by molar-refractivity contribution is 0.466. The van der Waals surface area contributed by atoms with Crippen molar-refractivity contribution in [1.82, 2.24) is 4.98 Å². The van der Waals surface area contributed by atoms with E-state index in [1.807, 2.05) is 0 Å². The minimum Gasteiger partial charge on any atom is -0.449 e. The highest BCUT2D eigenvalue weighted by Gasteiger charge is 2.23. The number of halogens is 4. The summed E-state index contributed by atoms with van der Waals surface area (Å²) in [6, 6.07) is 1.99. The molecule has 12 heavy (non-hydrogen) atoms. The second-order valence-electron chi connectivity index (χ2n) is 2.38. The third-order valence-electron chi connectivity index (χ3n) is 1.23. The van der Waals surface area contributed by atoms with Crippen LogP contribution in [0.3, 0.4) is 0 Å². The fourth-order valence-electron chi connectivity index (χ4n) is 0.764. The first kappa shape index (κ1) is 9.03. The lowest BCUT2D eigenvalue weighted by Gasteiger charge is -2.11. The van der Waals surface area contributed by atoms with E-state index in [0.717, 1.165) is 18.3 Å². The molecule has 0 unspecified atom stereocenters. The van der Waals surface area contributed by atoms with E-state index in [-0.39, 0.29) is 5.69 Å². The number of aromatic nitrogens is 1. The lowest BCUT2D eigenvalue weighted by atomic mass is 9.84. The molecule has 0 atom stereocenters. The van der Waals surface area contributed by atoms with Crippen molar-refractivity contribution in [3.8, 4) is 0 Å². The van der Waals surface area contributed by atoms with Crippen LogP contribution in [0, 0.1) is 5.82 Å². The van der Waals surface area contributed by atoms with Gasteiger partial charge in [0.05, 0.1) is 6.20 Å². The van der Waals surface area contributed by atoms with Crippen LogP contribution < -0.4 is 0 Å². The highest BCUT2D eigenvalue weighted by Crippen LogP contribution is 2.14. The first-order valence-electron chi connectivity index (χ1n) is 3.29. The SMILES string of the molecule is Fc1ccc(C[B-](F)(F)F)nc1. The summed E-state index contributed by atoms with van der Waals surface area (Å²) in [5.41, 5.74) is -0.149. The van der Waals surface area contributed by atoms with Crippen LogP contribution in [0.2, 0.25) is 0 Å². The molecule has 0 N–H and O–H groups in total. The first-order valence-corrected chi connectivity index (χ1v) is 3.29. The van der Waals surface area contributed by atoms with Gasteiger partial charge in [-0.3, -0.25) is 4.98 Å². The van der Waals surface area contributed by atoms with Crippen LogP contribution in [0.4, 0.5) is 17.3 Å². The Kier molecular flexibility index (Phi) is 2.35. The Morgan fingerprint density at radius 1 is 1.25 bits per heavy atom. The second-order valence-corrected chi connectivity index (χ2v) is 2.38. The molecule has 0 amide bonds. The molecule has 0 radical (unpaired) electrons. The van der Waals surface area contributed by atoms with Crippen molar-refractivity contribution in [2.75, 3.05) is 0 Å².